The molecule has 2 heterocycles. The number of carboxylic acid groups (broad SMARTS) is 1. The van der Waals surface area contributed by atoms with E-state index in [9.17, 15) is 23.1 Å². The number of aryl methyl sites for hydroxylation is 1. The highest BCUT2D eigenvalue weighted by Gasteiger charge is 2.30. The molecule has 28 heavy (non-hydrogen) atoms. The van der Waals surface area contributed by atoms with Crippen LogP contribution in [0.25, 0.3) is 17.4 Å². The van der Waals surface area contributed by atoms with Crippen LogP contribution in [0.3, 0.4) is 0 Å². The van der Waals surface area contributed by atoms with Crippen LogP contribution >= 0.6 is 11.8 Å². The van der Waals surface area contributed by atoms with E-state index >= 15 is 0 Å². The second-order valence-electron chi connectivity index (χ2n) is 5.51. The van der Waals surface area contributed by atoms with E-state index in [0.717, 1.165) is 23.9 Å². The molecular weight excluding hydrogens is 397 g/mol. The van der Waals surface area contributed by atoms with E-state index in [4.69, 9.17) is 8.83 Å². The van der Waals surface area contributed by atoms with Gasteiger partial charge in [0.15, 0.2) is 0 Å². The molecule has 0 aliphatic rings. The number of benzene rings is 1. The van der Waals surface area contributed by atoms with Crippen LogP contribution in [-0.2, 0) is 17.4 Å². The molecule has 6 nitrogen and oxygen atoms in total. The molecule has 0 bridgehead atoms. The molecule has 1 aromatic carbocycles. The first-order valence-corrected chi connectivity index (χ1v) is 8.80. The molecule has 0 aliphatic heterocycles. The summed E-state index contributed by atoms with van der Waals surface area (Å²) in [6, 6.07) is 7.59. The van der Waals surface area contributed by atoms with Crippen molar-refractivity contribution in [1.82, 2.24) is 10.2 Å². The molecule has 0 amide bonds. The van der Waals surface area contributed by atoms with E-state index < -0.39 is 17.7 Å². The van der Waals surface area contributed by atoms with E-state index in [1.54, 1.807) is 0 Å². The van der Waals surface area contributed by atoms with Crippen molar-refractivity contribution in [3.05, 3.63) is 58.5 Å². The van der Waals surface area contributed by atoms with Crippen molar-refractivity contribution in [3.8, 4) is 11.3 Å². The zero-order chi connectivity index (χ0) is 20.3. The number of furan rings is 1. The largest absolute Gasteiger partial charge is 0.477 e. The summed E-state index contributed by atoms with van der Waals surface area (Å²) in [7, 11) is 0. The van der Waals surface area contributed by atoms with Crippen LogP contribution < -0.4 is 0 Å². The van der Waals surface area contributed by atoms with Crippen molar-refractivity contribution in [2.45, 2.75) is 24.7 Å². The molecule has 0 aliphatic carbocycles. The third-order valence-electron chi connectivity index (χ3n) is 3.53. The lowest BCUT2D eigenvalue weighted by atomic mass is 10.1. The predicted molar refractivity (Wildman–Crippen MR) is 94.3 cm³/mol. The molecule has 3 rings (SSSR count). The third-order valence-corrected chi connectivity index (χ3v) is 4.39. The first-order valence-electron chi connectivity index (χ1n) is 7.99. The Bertz CT molecular complexity index is 1020. The molecule has 0 fully saturated rings. The maximum atomic E-state index is 12.9. The number of aromatic nitrogens is 2. The maximum absolute atomic E-state index is 12.9. The lowest BCUT2D eigenvalue weighted by Gasteiger charge is -2.07. The quantitative estimate of drug-likeness (QED) is 0.445. The van der Waals surface area contributed by atoms with Crippen LogP contribution in [0.4, 0.5) is 13.2 Å². The Kier molecular flexibility index (Phi) is 5.59. The fourth-order valence-electron chi connectivity index (χ4n) is 2.21. The molecule has 0 radical (unpaired) electrons. The first-order chi connectivity index (χ1) is 13.3. The van der Waals surface area contributed by atoms with Crippen molar-refractivity contribution in [3.63, 3.8) is 0 Å². The van der Waals surface area contributed by atoms with E-state index in [1.165, 1.54) is 30.3 Å². The summed E-state index contributed by atoms with van der Waals surface area (Å²) in [5.74, 6) is -0.527. The minimum Gasteiger partial charge on any atom is -0.477 e. The van der Waals surface area contributed by atoms with Gasteiger partial charge in [0.25, 0.3) is 5.22 Å². The van der Waals surface area contributed by atoms with Gasteiger partial charge in [0.2, 0.25) is 5.89 Å². The summed E-state index contributed by atoms with van der Waals surface area (Å²) >= 11 is 0.751. The number of halogens is 3. The lowest BCUT2D eigenvalue weighted by molar-refractivity contribution is -0.137. The molecule has 146 valence electrons. The van der Waals surface area contributed by atoms with Gasteiger partial charge in [-0.1, -0.05) is 19.1 Å². The molecule has 1 N–H and O–H groups in total. The number of alkyl halides is 3. The number of aliphatic carboxylic acids is 1. The van der Waals surface area contributed by atoms with Crippen molar-refractivity contribution in [1.29, 1.82) is 0 Å². The van der Waals surface area contributed by atoms with Gasteiger partial charge in [-0.3, -0.25) is 0 Å². The normalized spacial score (nSPS) is 12.4. The number of carbonyl (C=O) groups is 1. The molecule has 0 spiro atoms. The molecule has 0 unspecified atom stereocenters. The Balaban J connectivity index is 1.86. The Hall–Kier alpha value is -3.01. The molecule has 0 saturated carbocycles. The number of rotatable bonds is 6. The van der Waals surface area contributed by atoms with Gasteiger partial charge >= 0.3 is 12.1 Å². The average molecular weight is 410 g/mol. The van der Waals surface area contributed by atoms with Gasteiger partial charge in [-0.15, -0.1) is 10.2 Å². The summed E-state index contributed by atoms with van der Waals surface area (Å²) in [6.07, 6.45) is -2.72. The number of nitrogens with zero attached hydrogens (tertiary/aromatic N) is 2. The number of thioether (sulfide) groups is 1. The molecule has 2 aromatic heterocycles. The van der Waals surface area contributed by atoms with Crippen LogP contribution in [0.15, 0.2) is 55.4 Å². The average Bonchev–Trinajstić information content (AvgIpc) is 3.30. The minimum atomic E-state index is -4.47. The van der Waals surface area contributed by atoms with Crippen LogP contribution in [0, 0.1) is 0 Å². The molecule has 10 heteroatoms. The third kappa shape index (κ3) is 4.63. The van der Waals surface area contributed by atoms with Crippen molar-refractivity contribution < 1.29 is 31.9 Å². The highest BCUT2D eigenvalue weighted by atomic mass is 32.2. The van der Waals surface area contributed by atoms with Gasteiger partial charge in [-0.05, 0) is 36.0 Å². The summed E-state index contributed by atoms with van der Waals surface area (Å²) in [6.45, 7) is 1.81. The Morgan fingerprint density at radius 1 is 1.21 bits per heavy atom. The highest BCUT2D eigenvalue weighted by Crippen LogP contribution is 2.33. The molecule has 3 aromatic rings. The Morgan fingerprint density at radius 2 is 2.00 bits per heavy atom. The Morgan fingerprint density at radius 3 is 2.64 bits per heavy atom. The minimum absolute atomic E-state index is 0.0650. The monoisotopic (exact) mass is 410 g/mol. The zero-order valence-electron chi connectivity index (χ0n) is 14.4. The van der Waals surface area contributed by atoms with Gasteiger partial charge in [0, 0.05) is 18.1 Å². The van der Waals surface area contributed by atoms with Crippen LogP contribution in [-0.4, -0.2) is 21.3 Å². The van der Waals surface area contributed by atoms with E-state index in [1.807, 2.05) is 6.92 Å². The van der Waals surface area contributed by atoms with Gasteiger partial charge in [0.05, 0.1) is 5.56 Å². The fourth-order valence-corrected chi connectivity index (χ4v) is 2.88. The number of hydrogen-bond donors (Lipinski definition) is 1. The summed E-state index contributed by atoms with van der Waals surface area (Å²) in [4.78, 5) is 11.3. The Labute approximate surface area is 161 Å². The smallest absolute Gasteiger partial charge is 0.416 e. The van der Waals surface area contributed by atoms with Crippen molar-refractivity contribution in [2.24, 2.45) is 0 Å². The van der Waals surface area contributed by atoms with E-state index in [2.05, 4.69) is 10.2 Å². The number of carboxylic acids is 1. The van der Waals surface area contributed by atoms with E-state index in [-0.39, 0.29) is 27.2 Å². The SMILES string of the molecule is CCc1nnc(S/C(=C/c2ccc(-c3cccc(C(F)(F)F)c3)o2)C(=O)O)o1. The lowest BCUT2D eigenvalue weighted by Crippen LogP contribution is -2.04. The maximum Gasteiger partial charge on any atom is 0.416 e. The highest BCUT2D eigenvalue weighted by molar-refractivity contribution is 8.03. The van der Waals surface area contributed by atoms with Crippen LogP contribution in [0.2, 0.25) is 0 Å². The topological polar surface area (TPSA) is 89.4 Å². The molecule has 0 saturated heterocycles. The second kappa shape index (κ2) is 7.93. The summed E-state index contributed by atoms with van der Waals surface area (Å²) < 4.78 is 49.3. The van der Waals surface area contributed by atoms with E-state index in [0.29, 0.717) is 12.3 Å². The van der Waals surface area contributed by atoms with Gasteiger partial charge in [-0.25, -0.2) is 4.79 Å². The predicted octanol–water partition coefficient (Wildman–Crippen LogP) is 5.13. The van der Waals surface area contributed by atoms with Crippen LogP contribution in [0.5, 0.6) is 0 Å². The molecule has 0 atom stereocenters. The standard InChI is InChI=1S/C18H13F3N2O4S/c1-2-15-22-23-17(27-15)28-14(16(24)25)9-12-6-7-13(26-12)10-4-3-5-11(8-10)18(19,20)21/h3-9H,2H2,1H3,(H,24,25)/b14-9+. The fraction of sp³-hybridized carbons (Fsp3) is 0.167. The second-order valence-corrected chi connectivity index (χ2v) is 6.50. The summed E-state index contributed by atoms with van der Waals surface area (Å²) in [5.41, 5.74) is -0.577. The van der Waals surface area contributed by atoms with Gasteiger partial charge in [0.1, 0.15) is 16.4 Å². The first kappa shape index (κ1) is 19.7. The van der Waals surface area contributed by atoms with Gasteiger partial charge < -0.3 is 13.9 Å². The van der Waals surface area contributed by atoms with Gasteiger partial charge in [-0.2, -0.15) is 13.2 Å². The zero-order valence-corrected chi connectivity index (χ0v) is 15.2. The summed E-state index contributed by atoms with van der Waals surface area (Å²) in [5, 5.41) is 16.9. The van der Waals surface area contributed by atoms with Crippen molar-refractivity contribution in [2.75, 3.05) is 0 Å². The van der Waals surface area contributed by atoms with Crippen LogP contribution in [0.1, 0.15) is 24.1 Å². The molecular formula is C18H13F3N2O4S. The van der Waals surface area contributed by atoms with Crippen molar-refractivity contribution >= 4 is 23.8 Å². The number of hydrogen-bond acceptors (Lipinski definition) is 6.